The first-order chi connectivity index (χ1) is 15.9. The molecule has 0 N–H and O–H groups in total. The predicted molar refractivity (Wildman–Crippen MR) is 134 cm³/mol. The molecule has 1 unspecified atom stereocenters. The van der Waals surface area contributed by atoms with Crippen molar-refractivity contribution < 1.29 is 4.74 Å². The Morgan fingerprint density at radius 3 is 1.78 bits per heavy atom. The van der Waals surface area contributed by atoms with Crippen LogP contribution in [0.5, 0.6) is 5.75 Å². The van der Waals surface area contributed by atoms with Crippen molar-refractivity contribution in [2.45, 2.75) is 6.10 Å². The van der Waals surface area contributed by atoms with Gasteiger partial charge in [0.25, 0.3) is 0 Å². The molecule has 1 atom stereocenters. The van der Waals surface area contributed by atoms with Gasteiger partial charge in [0.2, 0.25) is 0 Å². The average Bonchev–Trinajstić information content (AvgIpc) is 2.87. The van der Waals surface area contributed by atoms with E-state index in [1.165, 1.54) is 21.9 Å². The Morgan fingerprint density at radius 1 is 0.531 bits per heavy atom. The van der Waals surface area contributed by atoms with Crippen LogP contribution in [0.25, 0.3) is 39.1 Å². The van der Waals surface area contributed by atoms with E-state index in [4.69, 9.17) is 4.74 Å². The number of ether oxygens (including phenoxy) is 1. The van der Waals surface area contributed by atoms with Crippen molar-refractivity contribution in [1.29, 1.82) is 0 Å². The summed E-state index contributed by atoms with van der Waals surface area (Å²) in [7, 11) is 0. The molecule has 0 saturated carbocycles. The molecule has 0 radical (unpaired) electrons. The summed E-state index contributed by atoms with van der Waals surface area (Å²) in [6.45, 7) is 0. The van der Waals surface area contributed by atoms with Crippen LogP contribution in [0.2, 0.25) is 0 Å². The smallest absolute Gasteiger partial charge is 0.143 e. The summed E-state index contributed by atoms with van der Waals surface area (Å²) in [6.07, 6.45) is 4.21. The van der Waals surface area contributed by atoms with E-state index in [1.54, 1.807) is 0 Å². The Kier molecular flexibility index (Phi) is 4.58. The molecule has 0 aliphatic heterocycles. The lowest BCUT2D eigenvalue weighted by molar-refractivity contribution is 0.259. The van der Waals surface area contributed by atoms with Gasteiger partial charge in [-0.05, 0) is 33.5 Å². The molecule has 0 spiro atoms. The highest BCUT2D eigenvalue weighted by Crippen LogP contribution is 2.43. The monoisotopic (exact) mass is 410 g/mol. The Balaban J connectivity index is 1.53. The van der Waals surface area contributed by atoms with Crippen molar-refractivity contribution in [1.82, 2.24) is 0 Å². The molecule has 0 heterocycles. The topological polar surface area (TPSA) is 9.23 Å². The normalized spacial score (nSPS) is 14.4. The van der Waals surface area contributed by atoms with Crippen molar-refractivity contribution in [3.63, 3.8) is 0 Å². The summed E-state index contributed by atoms with van der Waals surface area (Å²) in [6, 6.07) is 40.3. The molecule has 32 heavy (non-hydrogen) atoms. The van der Waals surface area contributed by atoms with Crippen LogP contribution in [0.1, 0.15) is 17.2 Å². The second kappa shape index (κ2) is 7.86. The van der Waals surface area contributed by atoms with Crippen LogP contribution in [0.3, 0.4) is 0 Å². The molecule has 0 bridgehead atoms. The molecule has 0 amide bonds. The Hall–Kier alpha value is -4.10. The minimum atomic E-state index is -0.152. The maximum atomic E-state index is 6.89. The van der Waals surface area contributed by atoms with Crippen LogP contribution in [-0.2, 0) is 0 Å². The first-order valence-electron chi connectivity index (χ1n) is 11.0. The second-order valence-corrected chi connectivity index (χ2v) is 8.10. The average molecular weight is 411 g/mol. The summed E-state index contributed by atoms with van der Waals surface area (Å²) in [5, 5.41) is 2.53. The molecule has 152 valence electrons. The highest BCUT2D eigenvalue weighted by Gasteiger charge is 2.22. The summed E-state index contributed by atoms with van der Waals surface area (Å²) in [5.41, 5.74) is 6.97. The third-order valence-electron chi connectivity index (χ3n) is 6.16. The fourth-order valence-corrected chi connectivity index (χ4v) is 4.65. The molecule has 5 aromatic carbocycles. The zero-order valence-electron chi connectivity index (χ0n) is 17.6. The Bertz CT molecular complexity index is 1370. The molecule has 0 aromatic heterocycles. The first-order valence-corrected chi connectivity index (χ1v) is 11.0. The molecule has 1 heteroatoms. The highest BCUT2D eigenvalue weighted by molar-refractivity contribution is 5.95. The maximum absolute atomic E-state index is 6.89. The summed E-state index contributed by atoms with van der Waals surface area (Å²) < 4.78 is 6.89. The third-order valence-corrected chi connectivity index (χ3v) is 6.16. The van der Waals surface area contributed by atoms with Crippen LogP contribution in [-0.4, -0.2) is 0 Å². The van der Waals surface area contributed by atoms with Gasteiger partial charge in [0, 0.05) is 16.7 Å². The standard InChI is InChI=1S/C31H22O/c1-3-10-22(11-4-1)26-17-9-18-27(23-12-5-2-6-13-23)31(26)32-29-21-20-25-15-7-14-24-16-8-19-28(29)30(24)25/h1-21,29H. The van der Waals surface area contributed by atoms with Crippen molar-refractivity contribution in [2.75, 3.05) is 0 Å². The van der Waals surface area contributed by atoms with Gasteiger partial charge in [0.1, 0.15) is 11.9 Å². The fraction of sp³-hybridized carbons (Fsp3) is 0.0323. The van der Waals surface area contributed by atoms with E-state index in [2.05, 4.69) is 115 Å². The van der Waals surface area contributed by atoms with Gasteiger partial charge >= 0.3 is 0 Å². The van der Waals surface area contributed by atoms with Gasteiger partial charge in [0.15, 0.2) is 0 Å². The van der Waals surface area contributed by atoms with Gasteiger partial charge in [-0.15, -0.1) is 0 Å². The van der Waals surface area contributed by atoms with Crippen LogP contribution in [0.4, 0.5) is 0 Å². The predicted octanol–water partition coefficient (Wildman–Crippen LogP) is 8.32. The SMILES string of the molecule is C1=CC(Oc2c(-c3ccccc3)cccc2-c2ccccc2)c2cccc3cccc1c23. The fourth-order valence-electron chi connectivity index (χ4n) is 4.65. The summed E-state index contributed by atoms with van der Waals surface area (Å²) in [4.78, 5) is 0. The molecule has 6 rings (SSSR count). The van der Waals surface area contributed by atoms with Gasteiger partial charge in [-0.2, -0.15) is 0 Å². The zero-order valence-corrected chi connectivity index (χ0v) is 17.6. The van der Waals surface area contributed by atoms with E-state index in [9.17, 15) is 0 Å². The van der Waals surface area contributed by atoms with E-state index in [0.29, 0.717) is 0 Å². The van der Waals surface area contributed by atoms with Crippen molar-refractivity contribution in [3.05, 3.63) is 132 Å². The largest absolute Gasteiger partial charge is 0.480 e. The van der Waals surface area contributed by atoms with E-state index in [1.807, 2.05) is 12.1 Å². The molecular formula is C31H22O. The van der Waals surface area contributed by atoms with Gasteiger partial charge < -0.3 is 4.74 Å². The minimum Gasteiger partial charge on any atom is -0.480 e. The molecule has 0 fully saturated rings. The third kappa shape index (κ3) is 3.19. The van der Waals surface area contributed by atoms with E-state index >= 15 is 0 Å². The van der Waals surface area contributed by atoms with Crippen molar-refractivity contribution >= 4 is 16.8 Å². The highest BCUT2D eigenvalue weighted by atomic mass is 16.5. The van der Waals surface area contributed by atoms with E-state index in [0.717, 1.165) is 28.0 Å². The molecule has 0 saturated heterocycles. The van der Waals surface area contributed by atoms with Crippen LogP contribution >= 0.6 is 0 Å². The number of rotatable bonds is 4. The second-order valence-electron chi connectivity index (χ2n) is 8.10. The van der Waals surface area contributed by atoms with E-state index in [-0.39, 0.29) is 6.10 Å². The number of hydrogen-bond donors (Lipinski definition) is 0. The molecule has 5 aromatic rings. The lowest BCUT2D eigenvalue weighted by Crippen LogP contribution is -2.10. The zero-order chi connectivity index (χ0) is 21.3. The first kappa shape index (κ1) is 18.7. The minimum absolute atomic E-state index is 0.152. The molecule has 1 aliphatic carbocycles. The van der Waals surface area contributed by atoms with Gasteiger partial charge in [-0.1, -0.05) is 121 Å². The van der Waals surface area contributed by atoms with Gasteiger partial charge in [-0.3, -0.25) is 0 Å². The Morgan fingerprint density at radius 2 is 1.12 bits per heavy atom. The lowest BCUT2D eigenvalue weighted by Gasteiger charge is -2.25. The summed E-state index contributed by atoms with van der Waals surface area (Å²) >= 11 is 0. The number of para-hydroxylation sites is 1. The van der Waals surface area contributed by atoms with Crippen LogP contribution in [0.15, 0.2) is 121 Å². The summed E-state index contributed by atoms with van der Waals surface area (Å²) in [5.74, 6) is 0.913. The van der Waals surface area contributed by atoms with E-state index < -0.39 is 0 Å². The maximum Gasteiger partial charge on any atom is 0.143 e. The molecule has 1 aliphatic rings. The van der Waals surface area contributed by atoms with Crippen molar-refractivity contribution in [2.24, 2.45) is 0 Å². The number of benzene rings is 5. The van der Waals surface area contributed by atoms with Crippen molar-refractivity contribution in [3.8, 4) is 28.0 Å². The Labute approximate surface area is 188 Å². The number of hydrogen-bond acceptors (Lipinski definition) is 1. The van der Waals surface area contributed by atoms with Gasteiger partial charge in [0.05, 0.1) is 0 Å². The van der Waals surface area contributed by atoms with Crippen LogP contribution in [0, 0.1) is 0 Å². The van der Waals surface area contributed by atoms with Crippen LogP contribution < -0.4 is 4.74 Å². The lowest BCUT2D eigenvalue weighted by atomic mass is 9.91. The molecular weight excluding hydrogens is 388 g/mol. The van der Waals surface area contributed by atoms with Gasteiger partial charge in [-0.25, -0.2) is 0 Å². The molecule has 1 nitrogen and oxygen atoms in total. The quantitative estimate of drug-likeness (QED) is 0.289.